The largest absolute Gasteiger partial charge is 0.497 e. The minimum absolute atomic E-state index is 0.00942. The van der Waals surface area contributed by atoms with Gasteiger partial charge in [-0.15, -0.1) is 0 Å². The Morgan fingerprint density at radius 1 is 0.974 bits per heavy atom. The summed E-state index contributed by atoms with van der Waals surface area (Å²) in [6.07, 6.45) is -1.21. The van der Waals surface area contributed by atoms with E-state index in [1.807, 2.05) is 44.2 Å². The highest BCUT2D eigenvalue weighted by molar-refractivity contribution is 7.89. The van der Waals surface area contributed by atoms with Gasteiger partial charge in [-0.3, -0.25) is 0 Å². The van der Waals surface area contributed by atoms with Crippen LogP contribution in [0, 0.1) is 5.41 Å². The number of aliphatic hydroxyl groups excluding tert-OH is 2. The van der Waals surface area contributed by atoms with E-state index < -0.39 is 45.3 Å². The van der Waals surface area contributed by atoms with Crippen LogP contribution in [0.2, 0.25) is 0 Å². The normalized spacial score (nSPS) is 14.8. The first-order valence-electron chi connectivity index (χ1n) is 12.6. The molecule has 2 aromatic rings. The fourth-order valence-corrected chi connectivity index (χ4v) is 5.37. The Kier molecular flexibility index (Phi) is 11.1. The summed E-state index contributed by atoms with van der Waals surface area (Å²) in [7, 11) is -2.56. The molecule has 3 atom stereocenters. The zero-order valence-corrected chi connectivity index (χ0v) is 23.9. The Hall–Kier alpha value is -2.66. The number of sulfonamides is 1. The van der Waals surface area contributed by atoms with E-state index in [1.165, 1.54) is 31.4 Å². The average Bonchev–Trinajstić information content (AvgIpc) is 2.82. The van der Waals surface area contributed by atoms with E-state index in [0.717, 1.165) is 5.56 Å². The molecule has 0 aliphatic rings. The first-order chi connectivity index (χ1) is 17.7. The molecule has 2 rings (SSSR count). The van der Waals surface area contributed by atoms with Crippen LogP contribution >= 0.6 is 0 Å². The van der Waals surface area contributed by atoms with Crippen molar-refractivity contribution in [2.75, 3.05) is 13.7 Å². The summed E-state index contributed by atoms with van der Waals surface area (Å²) in [6, 6.07) is 13.3. The van der Waals surface area contributed by atoms with Gasteiger partial charge in [0.15, 0.2) is 0 Å². The fourth-order valence-electron chi connectivity index (χ4n) is 4.12. The topological polar surface area (TPSA) is 134 Å². The average molecular weight is 551 g/mol. The SMILES string of the molecule is COc1ccc(S(=O)(=O)NC(CC(C)(C)CCO)[C@H](O)[C@H](Cc2ccccc2)NC(=O)OC(C)(C)C)cc1. The van der Waals surface area contributed by atoms with Crippen molar-refractivity contribution >= 4 is 16.1 Å². The van der Waals surface area contributed by atoms with Gasteiger partial charge in [-0.2, -0.15) is 0 Å². The van der Waals surface area contributed by atoms with Gasteiger partial charge in [-0.1, -0.05) is 44.2 Å². The second kappa shape index (κ2) is 13.4. The van der Waals surface area contributed by atoms with Crippen molar-refractivity contribution in [3.8, 4) is 5.75 Å². The van der Waals surface area contributed by atoms with Crippen LogP contribution in [-0.4, -0.2) is 62.2 Å². The van der Waals surface area contributed by atoms with Crippen molar-refractivity contribution in [2.45, 2.75) is 82.6 Å². The molecule has 2 aromatic carbocycles. The number of aliphatic hydroxyl groups is 2. The predicted molar refractivity (Wildman–Crippen MR) is 147 cm³/mol. The van der Waals surface area contributed by atoms with Crippen LogP contribution in [0.4, 0.5) is 4.79 Å². The quantitative estimate of drug-likeness (QED) is 0.299. The third-order valence-corrected chi connectivity index (χ3v) is 7.57. The molecule has 0 bridgehead atoms. The fraction of sp³-hybridized carbons (Fsp3) is 0.536. The summed E-state index contributed by atoms with van der Waals surface area (Å²) in [4.78, 5) is 12.7. The third-order valence-electron chi connectivity index (χ3n) is 6.06. The van der Waals surface area contributed by atoms with Crippen molar-refractivity contribution in [1.82, 2.24) is 10.0 Å². The molecule has 0 aromatic heterocycles. The molecule has 0 saturated carbocycles. The molecule has 0 radical (unpaired) electrons. The van der Waals surface area contributed by atoms with Crippen molar-refractivity contribution in [1.29, 1.82) is 0 Å². The number of hydrogen-bond acceptors (Lipinski definition) is 7. The van der Waals surface area contributed by atoms with Gasteiger partial charge in [0.1, 0.15) is 11.4 Å². The summed E-state index contributed by atoms with van der Waals surface area (Å²) in [5.41, 5.74) is -0.435. The highest BCUT2D eigenvalue weighted by atomic mass is 32.2. The molecule has 0 heterocycles. The number of hydrogen-bond donors (Lipinski definition) is 4. The van der Waals surface area contributed by atoms with Crippen LogP contribution in [0.25, 0.3) is 0 Å². The zero-order chi connectivity index (χ0) is 28.6. The molecule has 1 amide bonds. The second-order valence-corrected chi connectivity index (χ2v) is 12.9. The van der Waals surface area contributed by atoms with Gasteiger partial charge >= 0.3 is 6.09 Å². The van der Waals surface area contributed by atoms with Crippen LogP contribution < -0.4 is 14.8 Å². The van der Waals surface area contributed by atoms with Crippen LogP contribution in [0.1, 0.15) is 53.0 Å². The van der Waals surface area contributed by atoms with E-state index in [4.69, 9.17) is 9.47 Å². The van der Waals surface area contributed by atoms with E-state index in [-0.39, 0.29) is 24.3 Å². The smallest absolute Gasteiger partial charge is 0.407 e. The molecular formula is C28H42N2O7S. The minimum Gasteiger partial charge on any atom is -0.497 e. The maximum atomic E-state index is 13.4. The lowest BCUT2D eigenvalue weighted by molar-refractivity contribution is 0.0342. The Morgan fingerprint density at radius 3 is 2.11 bits per heavy atom. The first kappa shape index (κ1) is 31.6. The van der Waals surface area contributed by atoms with Gasteiger partial charge in [-0.05, 0) is 75.3 Å². The van der Waals surface area contributed by atoms with Crippen molar-refractivity contribution in [3.05, 3.63) is 60.2 Å². The van der Waals surface area contributed by atoms with Crippen LogP contribution in [0.5, 0.6) is 5.75 Å². The third kappa shape index (κ3) is 10.2. The van der Waals surface area contributed by atoms with Crippen LogP contribution in [0.3, 0.4) is 0 Å². The molecule has 0 saturated heterocycles. The van der Waals surface area contributed by atoms with Gasteiger partial charge in [-0.25, -0.2) is 17.9 Å². The summed E-state index contributed by atoms with van der Waals surface area (Å²) in [5.74, 6) is 0.508. The van der Waals surface area contributed by atoms with E-state index in [9.17, 15) is 23.4 Å². The Bertz CT molecular complexity index is 1110. The number of amides is 1. The molecule has 212 valence electrons. The Morgan fingerprint density at radius 2 is 1.58 bits per heavy atom. The maximum Gasteiger partial charge on any atom is 0.407 e. The molecule has 0 spiro atoms. The number of methoxy groups -OCH3 is 1. The van der Waals surface area contributed by atoms with Gasteiger partial charge in [0.2, 0.25) is 10.0 Å². The van der Waals surface area contributed by atoms with Crippen LogP contribution in [-0.2, 0) is 21.2 Å². The summed E-state index contributed by atoms with van der Waals surface area (Å²) >= 11 is 0. The molecule has 0 aliphatic heterocycles. The van der Waals surface area contributed by atoms with E-state index >= 15 is 0 Å². The lowest BCUT2D eigenvalue weighted by atomic mass is 9.80. The first-order valence-corrected chi connectivity index (χ1v) is 14.1. The predicted octanol–water partition coefficient (Wildman–Crippen LogP) is 3.64. The van der Waals surface area contributed by atoms with E-state index in [2.05, 4.69) is 10.0 Å². The number of carbonyl (C=O) groups is 1. The number of rotatable bonds is 13. The molecule has 10 heteroatoms. The minimum atomic E-state index is -4.05. The molecule has 38 heavy (non-hydrogen) atoms. The monoisotopic (exact) mass is 550 g/mol. The van der Waals surface area contributed by atoms with Gasteiger partial charge in [0.05, 0.1) is 30.2 Å². The molecule has 0 aliphatic carbocycles. The summed E-state index contributed by atoms with van der Waals surface area (Å²) < 4.78 is 39.9. The van der Waals surface area contributed by atoms with Crippen molar-refractivity contribution in [2.24, 2.45) is 5.41 Å². The number of ether oxygens (including phenoxy) is 2. The van der Waals surface area contributed by atoms with Crippen molar-refractivity contribution in [3.63, 3.8) is 0 Å². The van der Waals surface area contributed by atoms with Crippen molar-refractivity contribution < 1.29 is 32.9 Å². The lowest BCUT2D eigenvalue weighted by Gasteiger charge is -2.36. The highest BCUT2D eigenvalue weighted by Crippen LogP contribution is 2.29. The molecule has 1 unspecified atom stereocenters. The number of nitrogens with one attached hydrogen (secondary N) is 2. The molecule has 9 nitrogen and oxygen atoms in total. The highest BCUT2D eigenvalue weighted by Gasteiger charge is 2.37. The summed E-state index contributed by atoms with van der Waals surface area (Å²) in [6.45, 7) is 8.89. The number of alkyl carbamates (subject to hydrolysis) is 1. The molecule has 4 N–H and O–H groups in total. The van der Waals surface area contributed by atoms with Gasteiger partial charge in [0.25, 0.3) is 0 Å². The standard InChI is InChI=1S/C28H42N2O7S/c1-27(2,3)37-26(33)29-23(18-20-10-8-7-9-11-20)25(32)24(19-28(4,5)16-17-31)30-38(34,35)22-14-12-21(36-6)13-15-22/h7-15,23-25,30-32H,16-19H2,1-6H3,(H,29,33)/t23-,24?,25+/m0/s1. The van der Waals surface area contributed by atoms with Gasteiger partial charge < -0.3 is 25.0 Å². The second-order valence-electron chi connectivity index (χ2n) is 11.2. The molecular weight excluding hydrogens is 508 g/mol. The Labute approximate surface area is 226 Å². The number of benzene rings is 2. The van der Waals surface area contributed by atoms with E-state index in [0.29, 0.717) is 12.2 Å². The number of carbonyl (C=O) groups excluding carboxylic acids is 1. The molecule has 0 fully saturated rings. The van der Waals surface area contributed by atoms with Crippen LogP contribution in [0.15, 0.2) is 59.5 Å². The zero-order valence-electron chi connectivity index (χ0n) is 23.1. The summed E-state index contributed by atoms with van der Waals surface area (Å²) in [5, 5.41) is 23.9. The lowest BCUT2D eigenvalue weighted by Crippen LogP contribution is -2.56. The maximum absolute atomic E-state index is 13.4. The van der Waals surface area contributed by atoms with Gasteiger partial charge in [0, 0.05) is 6.61 Å². The Balaban J connectivity index is 2.43. The van der Waals surface area contributed by atoms with E-state index in [1.54, 1.807) is 20.8 Å².